The van der Waals surface area contributed by atoms with Gasteiger partial charge in [0, 0.05) is 31.1 Å². The van der Waals surface area contributed by atoms with E-state index in [1.165, 1.54) is 0 Å². The highest BCUT2D eigenvalue weighted by Gasteiger charge is 2.20. The highest BCUT2D eigenvalue weighted by atomic mass is 35.5. The number of halogens is 1. The molecule has 1 aromatic rings. The summed E-state index contributed by atoms with van der Waals surface area (Å²) >= 11 is 0. The summed E-state index contributed by atoms with van der Waals surface area (Å²) in [6.45, 7) is 4.38. The molecule has 128 valence electrons. The molecule has 7 heteroatoms. The molecule has 1 aromatic carbocycles. The summed E-state index contributed by atoms with van der Waals surface area (Å²) in [6.07, 6.45) is 2.28. The van der Waals surface area contributed by atoms with E-state index in [0.29, 0.717) is 17.8 Å². The zero-order valence-corrected chi connectivity index (χ0v) is 14.4. The average Bonchev–Trinajstić information content (AvgIpc) is 3.01. The first-order chi connectivity index (χ1) is 10.5. The molecule has 1 aliphatic rings. The molecule has 1 heterocycles. The number of hydrogen-bond acceptors (Lipinski definition) is 4. The van der Waals surface area contributed by atoms with Crippen molar-refractivity contribution in [1.29, 1.82) is 0 Å². The minimum absolute atomic E-state index is 0. The number of anilines is 2. The van der Waals surface area contributed by atoms with E-state index in [-0.39, 0.29) is 24.2 Å². The minimum atomic E-state index is -0.494. The van der Waals surface area contributed by atoms with E-state index in [1.54, 1.807) is 12.1 Å². The van der Waals surface area contributed by atoms with Gasteiger partial charge in [-0.25, -0.2) is 0 Å². The molecule has 1 saturated heterocycles. The summed E-state index contributed by atoms with van der Waals surface area (Å²) in [4.78, 5) is 25.9. The zero-order valence-electron chi connectivity index (χ0n) is 13.6. The molecule has 2 amide bonds. The van der Waals surface area contributed by atoms with Gasteiger partial charge in [-0.2, -0.15) is 0 Å². The van der Waals surface area contributed by atoms with Crippen LogP contribution in [-0.4, -0.2) is 38.5 Å². The van der Waals surface area contributed by atoms with Crippen molar-refractivity contribution in [2.45, 2.75) is 19.8 Å². The Labute approximate surface area is 143 Å². The van der Waals surface area contributed by atoms with Crippen LogP contribution in [-0.2, 0) is 4.79 Å². The van der Waals surface area contributed by atoms with Crippen molar-refractivity contribution in [2.24, 2.45) is 11.7 Å². The maximum absolute atomic E-state index is 12.3. The Bertz CT molecular complexity index is 559. The molecule has 4 N–H and O–H groups in total. The first kappa shape index (κ1) is 19.3. The van der Waals surface area contributed by atoms with E-state index in [1.807, 2.05) is 20.0 Å². The lowest BCUT2D eigenvalue weighted by Gasteiger charge is -2.23. The number of carbonyl (C=O) groups is 2. The lowest BCUT2D eigenvalue weighted by atomic mass is 10.1. The van der Waals surface area contributed by atoms with Crippen LogP contribution in [0.3, 0.4) is 0 Å². The van der Waals surface area contributed by atoms with E-state index in [4.69, 9.17) is 5.73 Å². The van der Waals surface area contributed by atoms with Crippen molar-refractivity contribution in [3.05, 3.63) is 23.8 Å². The summed E-state index contributed by atoms with van der Waals surface area (Å²) in [7, 11) is 1.81. The number of benzene rings is 1. The fourth-order valence-electron chi connectivity index (χ4n) is 2.68. The third-order valence-corrected chi connectivity index (χ3v) is 3.94. The van der Waals surface area contributed by atoms with Crippen LogP contribution >= 0.6 is 12.4 Å². The molecule has 0 aromatic heterocycles. The predicted molar refractivity (Wildman–Crippen MR) is 95.4 cm³/mol. The maximum atomic E-state index is 12.3. The average molecular weight is 341 g/mol. The fraction of sp³-hybridized carbons (Fsp3) is 0.500. The number of hydrogen-bond donors (Lipinski definition) is 3. The van der Waals surface area contributed by atoms with Gasteiger partial charge in [0.25, 0.3) is 0 Å². The summed E-state index contributed by atoms with van der Waals surface area (Å²) in [5.74, 6) is -0.725. The first-order valence-corrected chi connectivity index (χ1v) is 7.67. The second kappa shape index (κ2) is 8.74. The quantitative estimate of drug-likeness (QED) is 0.734. The second-order valence-electron chi connectivity index (χ2n) is 5.74. The van der Waals surface area contributed by atoms with Crippen LogP contribution in [0.4, 0.5) is 11.4 Å². The SMILES string of the molecule is CNCC(C)C(=O)Nc1cc(C(N)=O)ccc1N1CCCC1.Cl. The van der Waals surface area contributed by atoms with Gasteiger partial charge in [0.2, 0.25) is 11.8 Å². The van der Waals surface area contributed by atoms with Gasteiger partial charge < -0.3 is 21.3 Å². The molecule has 23 heavy (non-hydrogen) atoms. The van der Waals surface area contributed by atoms with Gasteiger partial charge in [-0.05, 0) is 38.1 Å². The summed E-state index contributed by atoms with van der Waals surface area (Å²) in [5.41, 5.74) is 7.36. The predicted octanol–water partition coefficient (Wildman–Crippen LogP) is 1.60. The highest BCUT2D eigenvalue weighted by molar-refractivity contribution is 6.00. The molecule has 1 atom stereocenters. The van der Waals surface area contributed by atoms with Crippen molar-refractivity contribution >= 4 is 35.6 Å². The lowest BCUT2D eigenvalue weighted by molar-refractivity contribution is -0.119. The molecule has 2 rings (SSSR count). The minimum Gasteiger partial charge on any atom is -0.370 e. The van der Waals surface area contributed by atoms with Gasteiger partial charge in [0.1, 0.15) is 0 Å². The van der Waals surface area contributed by atoms with Crippen molar-refractivity contribution in [2.75, 3.05) is 36.9 Å². The van der Waals surface area contributed by atoms with Gasteiger partial charge in [-0.1, -0.05) is 6.92 Å². The Morgan fingerprint density at radius 2 is 1.96 bits per heavy atom. The number of nitrogens with one attached hydrogen (secondary N) is 2. The molecule has 0 radical (unpaired) electrons. The van der Waals surface area contributed by atoms with Gasteiger partial charge in [0.05, 0.1) is 11.4 Å². The second-order valence-corrected chi connectivity index (χ2v) is 5.74. The Hall–Kier alpha value is -1.79. The Balaban J connectivity index is 0.00000264. The molecule has 0 bridgehead atoms. The van der Waals surface area contributed by atoms with Gasteiger partial charge in [-0.15, -0.1) is 12.4 Å². The largest absolute Gasteiger partial charge is 0.370 e. The van der Waals surface area contributed by atoms with E-state index in [0.717, 1.165) is 31.6 Å². The van der Waals surface area contributed by atoms with Crippen LogP contribution in [0.5, 0.6) is 0 Å². The van der Waals surface area contributed by atoms with Crippen LogP contribution < -0.4 is 21.3 Å². The fourth-order valence-corrected chi connectivity index (χ4v) is 2.68. The number of rotatable bonds is 6. The monoisotopic (exact) mass is 340 g/mol. The molecule has 0 aliphatic carbocycles. The molecule has 0 saturated carbocycles. The Morgan fingerprint density at radius 3 is 2.52 bits per heavy atom. The molecule has 1 fully saturated rings. The first-order valence-electron chi connectivity index (χ1n) is 7.67. The van der Waals surface area contributed by atoms with Gasteiger partial charge in [-0.3, -0.25) is 9.59 Å². The third kappa shape index (κ3) is 4.84. The van der Waals surface area contributed by atoms with Crippen molar-refractivity contribution < 1.29 is 9.59 Å². The summed E-state index contributed by atoms with van der Waals surface area (Å²) in [5, 5.41) is 5.93. The lowest BCUT2D eigenvalue weighted by Crippen LogP contribution is -2.30. The van der Waals surface area contributed by atoms with Crippen molar-refractivity contribution in [3.63, 3.8) is 0 Å². The van der Waals surface area contributed by atoms with E-state index in [2.05, 4.69) is 15.5 Å². The van der Waals surface area contributed by atoms with Crippen LogP contribution in [0.15, 0.2) is 18.2 Å². The summed E-state index contributed by atoms with van der Waals surface area (Å²) < 4.78 is 0. The van der Waals surface area contributed by atoms with E-state index < -0.39 is 5.91 Å². The van der Waals surface area contributed by atoms with Gasteiger partial charge >= 0.3 is 0 Å². The van der Waals surface area contributed by atoms with Crippen molar-refractivity contribution in [3.8, 4) is 0 Å². The molecule has 6 nitrogen and oxygen atoms in total. The third-order valence-electron chi connectivity index (χ3n) is 3.94. The van der Waals surface area contributed by atoms with Crippen LogP contribution in [0.25, 0.3) is 0 Å². The summed E-state index contributed by atoms with van der Waals surface area (Å²) in [6, 6.07) is 5.24. The number of primary amides is 1. The van der Waals surface area contributed by atoms with E-state index in [9.17, 15) is 9.59 Å². The molecular weight excluding hydrogens is 316 g/mol. The number of amides is 2. The van der Waals surface area contributed by atoms with Crippen LogP contribution in [0.1, 0.15) is 30.1 Å². The van der Waals surface area contributed by atoms with E-state index >= 15 is 0 Å². The number of nitrogens with zero attached hydrogens (tertiary/aromatic N) is 1. The number of carbonyl (C=O) groups excluding carboxylic acids is 2. The Morgan fingerprint density at radius 1 is 1.30 bits per heavy atom. The maximum Gasteiger partial charge on any atom is 0.248 e. The van der Waals surface area contributed by atoms with Crippen molar-refractivity contribution in [1.82, 2.24) is 5.32 Å². The molecular formula is C16H25ClN4O2. The standard InChI is InChI=1S/C16H24N4O2.ClH/c1-11(10-18-2)16(22)19-13-9-12(15(17)21)5-6-14(13)20-7-3-4-8-20;/h5-6,9,11,18H,3-4,7-8,10H2,1-2H3,(H2,17,21)(H,19,22);1H. The normalized spacial score (nSPS) is 15.0. The molecule has 1 unspecified atom stereocenters. The highest BCUT2D eigenvalue weighted by Crippen LogP contribution is 2.30. The zero-order chi connectivity index (χ0) is 16.1. The van der Waals surface area contributed by atoms with Crippen LogP contribution in [0.2, 0.25) is 0 Å². The van der Waals surface area contributed by atoms with Crippen LogP contribution in [0, 0.1) is 5.92 Å². The number of nitrogens with two attached hydrogens (primary N) is 1. The molecule has 1 aliphatic heterocycles. The smallest absolute Gasteiger partial charge is 0.248 e. The van der Waals surface area contributed by atoms with Gasteiger partial charge in [0.15, 0.2) is 0 Å². The topological polar surface area (TPSA) is 87.5 Å². The molecule has 0 spiro atoms. The Kier molecular flexibility index (Phi) is 7.32.